The van der Waals surface area contributed by atoms with Gasteiger partial charge in [0.05, 0.1) is 0 Å². The van der Waals surface area contributed by atoms with Gasteiger partial charge in [-0.05, 0) is 55.8 Å². The minimum Gasteiger partial charge on any atom is -0.0648 e. The second kappa shape index (κ2) is 7.30. The molecule has 15 heavy (non-hydrogen) atoms. The van der Waals surface area contributed by atoms with Crippen LogP contribution in [-0.4, -0.2) is 0 Å². The van der Waals surface area contributed by atoms with Gasteiger partial charge in [0.1, 0.15) is 0 Å². The maximum Gasteiger partial charge on any atom is -0.0179 e. The molecule has 0 fully saturated rings. The highest BCUT2D eigenvalue weighted by atomic mass is 14.4. The SMILES string of the molecule is CC[C](CC)C(CC)(CC)[C](CC)CC. The molecule has 0 bridgehead atoms. The Balaban J connectivity index is 4.98. The molecule has 0 heterocycles. The van der Waals surface area contributed by atoms with Crippen molar-refractivity contribution in [2.75, 3.05) is 0 Å². The molecule has 0 heteroatoms. The van der Waals surface area contributed by atoms with Crippen molar-refractivity contribution in [1.29, 1.82) is 0 Å². The third-order valence-corrected chi connectivity index (χ3v) is 4.27. The third kappa shape index (κ3) is 2.98. The van der Waals surface area contributed by atoms with Gasteiger partial charge in [-0.3, -0.25) is 0 Å². The number of rotatable bonds is 8. The van der Waals surface area contributed by atoms with Crippen LogP contribution in [0.5, 0.6) is 0 Å². The van der Waals surface area contributed by atoms with Crippen molar-refractivity contribution < 1.29 is 0 Å². The Labute approximate surface area is 97.8 Å². The number of hydrogen-bond donors (Lipinski definition) is 0. The molecule has 0 saturated carbocycles. The lowest BCUT2D eigenvalue weighted by Crippen LogP contribution is -2.34. The van der Waals surface area contributed by atoms with Crippen molar-refractivity contribution in [2.45, 2.75) is 80.1 Å². The van der Waals surface area contributed by atoms with Gasteiger partial charge in [-0.25, -0.2) is 0 Å². The molecule has 2 radical (unpaired) electrons. The van der Waals surface area contributed by atoms with E-state index in [1.54, 1.807) is 11.8 Å². The predicted molar refractivity (Wildman–Crippen MR) is 70.7 cm³/mol. The highest BCUT2D eigenvalue weighted by Gasteiger charge is 2.39. The molecular weight excluding hydrogens is 180 g/mol. The van der Waals surface area contributed by atoms with Gasteiger partial charge in [0, 0.05) is 0 Å². The van der Waals surface area contributed by atoms with Crippen LogP contribution in [0.3, 0.4) is 0 Å². The van der Waals surface area contributed by atoms with E-state index in [4.69, 9.17) is 0 Å². The van der Waals surface area contributed by atoms with Gasteiger partial charge in [-0.2, -0.15) is 0 Å². The summed E-state index contributed by atoms with van der Waals surface area (Å²) in [6, 6.07) is 0. The van der Waals surface area contributed by atoms with Crippen molar-refractivity contribution in [1.82, 2.24) is 0 Å². The summed E-state index contributed by atoms with van der Waals surface area (Å²) in [6.07, 6.45) is 7.59. The van der Waals surface area contributed by atoms with E-state index in [0.29, 0.717) is 5.41 Å². The van der Waals surface area contributed by atoms with E-state index < -0.39 is 0 Å². The van der Waals surface area contributed by atoms with E-state index in [1.165, 1.54) is 38.5 Å². The van der Waals surface area contributed by atoms with Crippen LogP contribution in [0.25, 0.3) is 0 Å². The summed E-state index contributed by atoms with van der Waals surface area (Å²) >= 11 is 0. The normalized spacial score (nSPS) is 12.8. The largest absolute Gasteiger partial charge is 0.0648 e. The first-order chi connectivity index (χ1) is 7.16. The van der Waals surface area contributed by atoms with Crippen molar-refractivity contribution in [2.24, 2.45) is 5.41 Å². The third-order valence-electron chi connectivity index (χ3n) is 4.27. The summed E-state index contributed by atoms with van der Waals surface area (Å²) in [5.74, 6) is 3.54. The molecule has 0 aliphatic heterocycles. The smallest absolute Gasteiger partial charge is 0.0179 e. The van der Waals surface area contributed by atoms with E-state index >= 15 is 0 Å². The predicted octanol–water partition coefficient (Wildman–Crippen LogP) is 5.58. The molecule has 0 atom stereocenters. The molecule has 0 aromatic heterocycles. The quantitative estimate of drug-likeness (QED) is 0.490. The fraction of sp³-hybridized carbons (Fsp3) is 0.867. The standard InChI is InChI=1S/C15H30/c1-7-13(8-2)15(11-5,12-6)14(9-3)10-4/h7-12H2,1-6H3. The molecule has 0 amide bonds. The fourth-order valence-corrected chi connectivity index (χ4v) is 3.35. The van der Waals surface area contributed by atoms with Crippen LogP contribution in [0.2, 0.25) is 0 Å². The van der Waals surface area contributed by atoms with E-state index in [2.05, 4.69) is 41.5 Å². The topological polar surface area (TPSA) is 0 Å². The molecule has 0 N–H and O–H groups in total. The molecular formula is C15H30. The van der Waals surface area contributed by atoms with Crippen LogP contribution in [0, 0.1) is 17.3 Å². The average molecular weight is 210 g/mol. The van der Waals surface area contributed by atoms with Crippen molar-refractivity contribution in [3.63, 3.8) is 0 Å². The first-order valence-electron chi connectivity index (χ1n) is 6.86. The first-order valence-corrected chi connectivity index (χ1v) is 6.86. The van der Waals surface area contributed by atoms with Gasteiger partial charge in [-0.15, -0.1) is 0 Å². The van der Waals surface area contributed by atoms with Gasteiger partial charge in [0.25, 0.3) is 0 Å². The second-order valence-corrected chi connectivity index (χ2v) is 4.41. The van der Waals surface area contributed by atoms with Crippen LogP contribution in [0.15, 0.2) is 0 Å². The number of hydrogen-bond acceptors (Lipinski definition) is 0. The molecule has 0 spiro atoms. The first kappa shape index (κ1) is 15.0. The van der Waals surface area contributed by atoms with Crippen LogP contribution in [0.1, 0.15) is 80.1 Å². The monoisotopic (exact) mass is 210 g/mol. The molecule has 0 saturated heterocycles. The molecule has 0 unspecified atom stereocenters. The summed E-state index contributed by atoms with van der Waals surface area (Å²) in [4.78, 5) is 0. The van der Waals surface area contributed by atoms with Crippen molar-refractivity contribution in [3.05, 3.63) is 11.8 Å². The minimum atomic E-state index is 0.451. The Morgan fingerprint density at radius 1 is 0.600 bits per heavy atom. The Hall–Kier alpha value is 0. The van der Waals surface area contributed by atoms with E-state index in [-0.39, 0.29) is 0 Å². The van der Waals surface area contributed by atoms with Gasteiger partial charge in [-0.1, -0.05) is 41.5 Å². The highest BCUT2D eigenvalue weighted by Crippen LogP contribution is 2.50. The summed E-state index contributed by atoms with van der Waals surface area (Å²) in [5.41, 5.74) is 0.451. The maximum absolute atomic E-state index is 2.36. The van der Waals surface area contributed by atoms with Crippen molar-refractivity contribution in [3.8, 4) is 0 Å². The second-order valence-electron chi connectivity index (χ2n) is 4.41. The lowest BCUT2D eigenvalue weighted by atomic mass is 9.60. The molecule has 0 rings (SSSR count). The van der Waals surface area contributed by atoms with E-state index in [1.807, 2.05) is 0 Å². The zero-order valence-corrected chi connectivity index (χ0v) is 11.7. The summed E-state index contributed by atoms with van der Waals surface area (Å²) < 4.78 is 0. The van der Waals surface area contributed by atoms with Crippen LogP contribution >= 0.6 is 0 Å². The summed E-state index contributed by atoms with van der Waals surface area (Å²) in [5, 5.41) is 0. The maximum atomic E-state index is 2.36. The van der Waals surface area contributed by atoms with Crippen LogP contribution < -0.4 is 0 Å². The van der Waals surface area contributed by atoms with Gasteiger partial charge >= 0.3 is 0 Å². The molecule has 0 aromatic rings. The van der Waals surface area contributed by atoms with Gasteiger partial charge in [0.2, 0.25) is 0 Å². The van der Waals surface area contributed by atoms with E-state index in [9.17, 15) is 0 Å². The van der Waals surface area contributed by atoms with Gasteiger partial charge < -0.3 is 0 Å². The fourth-order valence-electron chi connectivity index (χ4n) is 3.35. The minimum absolute atomic E-state index is 0.451. The zero-order valence-electron chi connectivity index (χ0n) is 11.7. The molecule has 0 aliphatic rings. The lowest BCUT2D eigenvalue weighted by molar-refractivity contribution is 0.258. The molecule has 0 nitrogen and oxygen atoms in total. The lowest BCUT2D eigenvalue weighted by Gasteiger charge is -2.44. The Morgan fingerprint density at radius 3 is 1.00 bits per heavy atom. The Kier molecular flexibility index (Phi) is 7.30. The summed E-state index contributed by atoms with van der Waals surface area (Å²) in [6.45, 7) is 14.0. The van der Waals surface area contributed by atoms with E-state index in [0.717, 1.165) is 0 Å². The van der Waals surface area contributed by atoms with Crippen LogP contribution in [0.4, 0.5) is 0 Å². The van der Waals surface area contributed by atoms with Crippen LogP contribution in [-0.2, 0) is 0 Å². The zero-order chi connectivity index (χ0) is 11.9. The Bertz CT molecular complexity index is 122. The molecule has 0 aromatic carbocycles. The Morgan fingerprint density at radius 2 is 0.867 bits per heavy atom. The highest BCUT2D eigenvalue weighted by molar-refractivity contribution is 5.18. The van der Waals surface area contributed by atoms with Crippen molar-refractivity contribution >= 4 is 0 Å². The molecule has 0 aliphatic carbocycles. The molecule has 90 valence electrons. The summed E-state index contributed by atoms with van der Waals surface area (Å²) in [7, 11) is 0. The van der Waals surface area contributed by atoms with Gasteiger partial charge in [0.15, 0.2) is 0 Å². The average Bonchev–Trinajstić information content (AvgIpc) is 2.29.